The highest BCUT2D eigenvalue weighted by Crippen LogP contribution is 2.33. The number of nitrogens with two attached hydrogens (primary N) is 1. The fourth-order valence-electron chi connectivity index (χ4n) is 3.48. The van der Waals surface area contributed by atoms with Gasteiger partial charge in [-0.15, -0.1) is 12.4 Å². The minimum absolute atomic E-state index is 0. The second kappa shape index (κ2) is 9.20. The van der Waals surface area contributed by atoms with E-state index in [-0.39, 0.29) is 36.0 Å². The summed E-state index contributed by atoms with van der Waals surface area (Å²) in [6, 6.07) is 11.1. The van der Waals surface area contributed by atoms with Gasteiger partial charge in [0.2, 0.25) is 0 Å². The number of halogens is 2. The van der Waals surface area contributed by atoms with E-state index < -0.39 is 11.8 Å². The van der Waals surface area contributed by atoms with Crippen molar-refractivity contribution >= 4 is 29.1 Å². The van der Waals surface area contributed by atoms with Crippen molar-refractivity contribution in [2.75, 3.05) is 7.11 Å². The molecule has 0 saturated carbocycles. The van der Waals surface area contributed by atoms with Crippen molar-refractivity contribution in [1.82, 2.24) is 4.57 Å². The molecule has 2 N–H and O–H groups in total. The summed E-state index contributed by atoms with van der Waals surface area (Å²) >= 11 is 0. The number of carbonyl (C=O) groups excluding carboxylic acids is 1. The first kappa shape index (κ1) is 22.6. The van der Waals surface area contributed by atoms with Crippen LogP contribution in [-0.4, -0.2) is 17.6 Å². The summed E-state index contributed by atoms with van der Waals surface area (Å²) in [6.07, 6.45) is 0. The first-order valence-corrected chi connectivity index (χ1v) is 9.11. The highest BCUT2D eigenvalue weighted by atomic mass is 35.5. The number of rotatable bonds is 5. The Balaban J connectivity index is 0.00000300. The van der Waals surface area contributed by atoms with Crippen molar-refractivity contribution in [3.63, 3.8) is 0 Å². The van der Waals surface area contributed by atoms with E-state index in [1.54, 1.807) is 41.0 Å². The smallest absolute Gasteiger partial charge is 0.337 e. The Morgan fingerprint density at radius 3 is 2.45 bits per heavy atom. The Morgan fingerprint density at radius 1 is 1.17 bits per heavy atom. The zero-order valence-electron chi connectivity index (χ0n) is 16.6. The van der Waals surface area contributed by atoms with E-state index in [9.17, 15) is 14.0 Å². The van der Waals surface area contributed by atoms with E-state index >= 15 is 0 Å². The molecular formula is C22H24ClFN2O3. The molecule has 0 spiro atoms. The molecule has 3 rings (SSSR count). The average Bonchev–Trinajstić information content (AvgIpc) is 2.69. The molecule has 0 radical (unpaired) electrons. The van der Waals surface area contributed by atoms with Crippen LogP contribution in [0.4, 0.5) is 4.39 Å². The van der Waals surface area contributed by atoms with E-state index in [2.05, 4.69) is 0 Å². The van der Waals surface area contributed by atoms with Gasteiger partial charge < -0.3 is 15.0 Å². The van der Waals surface area contributed by atoms with Crippen LogP contribution < -0.4 is 11.3 Å². The highest BCUT2D eigenvalue weighted by molar-refractivity contribution is 6.02. The van der Waals surface area contributed by atoms with Crippen LogP contribution in [0.1, 0.15) is 29.9 Å². The van der Waals surface area contributed by atoms with Gasteiger partial charge in [0.15, 0.2) is 0 Å². The van der Waals surface area contributed by atoms with E-state index in [1.165, 1.54) is 13.2 Å². The molecule has 7 heteroatoms. The summed E-state index contributed by atoms with van der Waals surface area (Å²) in [4.78, 5) is 25.2. The predicted octanol–water partition coefficient (Wildman–Crippen LogP) is 4.13. The van der Waals surface area contributed by atoms with Crippen LogP contribution in [0.2, 0.25) is 0 Å². The summed E-state index contributed by atoms with van der Waals surface area (Å²) in [5, 5.41) is 0.891. The molecule has 0 aliphatic carbocycles. The lowest BCUT2D eigenvalue weighted by Gasteiger charge is -2.21. The number of ether oxygens (including phenoxy) is 1. The number of methoxy groups -OCH3 is 1. The second-order valence-corrected chi connectivity index (χ2v) is 7.07. The molecule has 1 heterocycles. The minimum Gasteiger partial charge on any atom is -0.465 e. The fraction of sp³-hybridized carbons (Fsp3) is 0.273. The van der Waals surface area contributed by atoms with Gasteiger partial charge >= 0.3 is 5.97 Å². The molecule has 0 bridgehead atoms. The molecule has 3 aromatic rings. The number of esters is 1. The third-order valence-corrected chi connectivity index (χ3v) is 4.68. The molecule has 0 aliphatic heterocycles. The van der Waals surface area contributed by atoms with Crippen LogP contribution >= 0.6 is 12.4 Å². The normalized spacial score (nSPS) is 10.8. The third kappa shape index (κ3) is 4.18. The summed E-state index contributed by atoms with van der Waals surface area (Å²) in [5.41, 5.74) is 7.52. The summed E-state index contributed by atoms with van der Waals surface area (Å²) in [5.74, 6) is -0.748. The molecule has 5 nitrogen and oxygen atoms in total. The van der Waals surface area contributed by atoms with Gasteiger partial charge in [-0.25, -0.2) is 9.18 Å². The molecule has 1 aromatic heterocycles. The Bertz CT molecular complexity index is 1110. The number of nitrogens with zero attached hydrogens (tertiary/aromatic N) is 1. The van der Waals surface area contributed by atoms with Gasteiger partial charge in [-0.2, -0.15) is 0 Å². The molecule has 2 aromatic carbocycles. The van der Waals surface area contributed by atoms with Crippen molar-refractivity contribution < 1.29 is 13.9 Å². The Kier molecular flexibility index (Phi) is 7.16. The first-order valence-electron chi connectivity index (χ1n) is 9.11. The van der Waals surface area contributed by atoms with Crippen molar-refractivity contribution in [3.05, 3.63) is 69.9 Å². The van der Waals surface area contributed by atoms with Crippen LogP contribution in [0.5, 0.6) is 0 Å². The zero-order valence-corrected chi connectivity index (χ0v) is 17.4. The number of benzene rings is 2. The van der Waals surface area contributed by atoms with Crippen LogP contribution in [0.15, 0.2) is 47.3 Å². The number of hydrogen-bond donors (Lipinski definition) is 1. The van der Waals surface area contributed by atoms with Gasteiger partial charge in [-0.1, -0.05) is 32.0 Å². The molecule has 0 saturated heterocycles. The number of carbonyl (C=O) groups is 1. The van der Waals surface area contributed by atoms with Crippen molar-refractivity contribution in [2.45, 2.75) is 26.9 Å². The lowest BCUT2D eigenvalue weighted by atomic mass is 9.94. The minimum atomic E-state index is -0.526. The van der Waals surface area contributed by atoms with Crippen LogP contribution in [0.3, 0.4) is 0 Å². The fourth-order valence-corrected chi connectivity index (χ4v) is 3.48. The number of fused-ring (bicyclic) bond motifs is 1. The van der Waals surface area contributed by atoms with Gasteiger partial charge in [0.25, 0.3) is 5.56 Å². The van der Waals surface area contributed by atoms with Crippen LogP contribution in [-0.2, 0) is 17.8 Å². The Morgan fingerprint density at radius 2 is 1.86 bits per heavy atom. The molecule has 0 amide bonds. The molecule has 29 heavy (non-hydrogen) atoms. The van der Waals surface area contributed by atoms with E-state index in [0.717, 1.165) is 0 Å². The zero-order chi connectivity index (χ0) is 20.4. The maximum absolute atomic E-state index is 14.7. The maximum atomic E-state index is 14.7. The maximum Gasteiger partial charge on any atom is 0.337 e. The van der Waals surface area contributed by atoms with Crippen molar-refractivity contribution in [1.29, 1.82) is 0 Å². The molecule has 0 fully saturated rings. The van der Waals surface area contributed by atoms with Crippen LogP contribution in [0.25, 0.3) is 21.9 Å². The monoisotopic (exact) mass is 418 g/mol. The van der Waals surface area contributed by atoms with E-state index in [0.29, 0.717) is 34.1 Å². The largest absolute Gasteiger partial charge is 0.465 e. The quantitative estimate of drug-likeness (QED) is 0.632. The number of aromatic nitrogens is 1. The Hall–Kier alpha value is -2.70. The molecule has 154 valence electrons. The molecular weight excluding hydrogens is 395 g/mol. The van der Waals surface area contributed by atoms with Gasteiger partial charge in [0, 0.05) is 35.3 Å². The van der Waals surface area contributed by atoms with Gasteiger partial charge in [-0.3, -0.25) is 4.79 Å². The van der Waals surface area contributed by atoms with Crippen LogP contribution in [0, 0.1) is 11.7 Å². The summed E-state index contributed by atoms with van der Waals surface area (Å²) < 4.78 is 21.1. The summed E-state index contributed by atoms with van der Waals surface area (Å²) in [6.45, 7) is 4.52. The molecule has 0 unspecified atom stereocenters. The number of hydrogen-bond acceptors (Lipinski definition) is 4. The summed E-state index contributed by atoms with van der Waals surface area (Å²) in [7, 11) is 1.29. The van der Waals surface area contributed by atoms with Crippen molar-refractivity contribution in [3.8, 4) is 11.1 Å². The molecule has 0 aliphatic rings. The van der Waals surface area contributed by atoms with Gasteiger partial charge in [-0.05, 0) is 35.6 Å². The number of pyridine rings is 1. The van der Waals surface area contributed by atoms with Gasteiger partial charge in [0.05, 0.1) is 12.7 Å². The van der Waals surface area contributed by atoms with Crippen molar-refractivity contribution in [2.24, 2.45) is 11.7 Å². The predicted molar refractivity (Wildman–Crippen MR) is 115 cm³/mol. The van der Waals surface area contributed by atoms with Gasteiger partial charge in [0.1, 0.15) is 5.82 Å². The lowest BCUT2D eigenvalue weighted by Crippen LogP contribution is -2.28. The van der Waals surface area contributed by atoms with E-state index in [1.807, 2.05) is 13.8 Å². The Labute approximate surface area is 174 Å². The van der Waals surface area contributed by atoms with E-state index in [4.69, 9.17) is 10.5 Å². The standard InChI is InChI=1S/C22H23FN2O3.ClH/c1-13(2)12-25-19(11-24)20(16-6-4-5-7-18(16)23)17-10-14(22(27)28-3)8-9-15(17)21(25)26;/h4-10,13H,11-12,24H2,1-3H3;1H. The lowest BCUT2D eigenvalue weighted by molar-refractivity contribution is 0.0601. The SMILES string of the molecule is COC(=O)c1ccc2c(=O)n(CC(C)C)c(CN)c(-c3ccccc3F)c2c1.Cl. The highest BCUT2D eigenvalue weighted by Gasteiger charge is 2.21. The first-order chi connectivity index (χ1) is 13.4. The molecule has 0 atom stereocenters. The second-order valence-electron chi connectivity index (χ2n) is 7.07. The third-order valence-electron chi connectivity index (χ3n) is 4.68. The topological polar surface area (TPSA) is 74.3 Å². The average molecular weight is 419 g/mol.